The van der Waals surface area contributed by atoms with E-state index >= 15 is 0 Å². The van der Waals surface area contributed by atoms with Gasteiger partial charge in [-0.05, 0) is 37.0 Å². The Labute approximate surface area is 139 Å². The smallest absolute Gasteiger partial charge is 0.228 e. The van der Waals surface area contributed by atoms with Crippen molar-refractivity contribution in [3.8, 4) is 0 Å². The molecular formula is C17H18FN5O. The fraction of sp³-hybridized carbons (Fsp3) is 0.412. The minimum Gasteiger partial charge on any atom is -0.350 e. The van der Waals surface area contributed by atoms with E-state index in [2.05, 4.69) is 20.3 Å². The van der Waals surface area contributed by atoms with Gasteiger partial charge in [0.2, 0.25) is 11.9 Å². The average molecular weight is 327 g/mol. The second-order valence-electron chi connectivity index (χ2n) is 6.50. The van der Waals surface area contributed by atoms with Gasteiger partial charge in [0.1, 0.15) is 0 Å². The van der Waals surface area contributed by atoms with Gasteiger partial charge in [-0.1, -0.05) is 0 Å². The van der Waals surface area contributed by atoms with Crippen LogP contribution in [0.3, 0.4) is 0 Å². The molecule has 2 aromatic heterocycles. The summed E-state index contributed by atoms with van der Waals surface area (Å²) in [6.45, 7) is 1.49. The van der Waals surface area contributed by atoms with Gasteiger partial charge in [-0.25, -0.2) is 14.4 Å². The third-order valence-electron chi connectivity index (χ3n) is 5.02. The molecule has 2 saturated heterocycles. The first-order valence-electron chi connectivity index (χ1n) is 8.10. The van der Waals surface area contributed by atoms with Crippen LogP contribution in [0.15, 0.2) is 36.9 Å². The van der Waals surface area contributed by atoms with Gasteiger partial charge in [0.05, 0.1) is 18.3 Å². The highest BCUT2D eigenvalue weighted by Crippen LogP contribution is 2.39. The largest absolute Gasteiger partial charge is 0.350 e. The summed E-state index contributed by atoms with van der Waals surface area (Å²) < 4.78 is 12.9. The van der Waals surface area contributed by atoms with Crippen LogP contribution < -0.4 is 10.2 Å². The maximum atomic E-state index is 12.9. The number of nitrogens with one attached hydrogen (secondary N) is 1. The van der Waals surface area contributed by atoms with E-state index in [1.54, 1.807) is 12.4 Å². The number of rotatable bonds is 2. The molecule has 24 heavy (non-hydrogen) atoms. The lowest BCUT2D eigenvalue weighted by atomic mass is 9.82. The summed E-state index contributed by atoms with van der Waals surface area (Å²) in [5.74, 6) is 0.0889. The van der Waals surface area contributed by atoms with Crippen LogP contribution in [0.1, 0.15) is 30.7 Å². The van der Waals surface area contributed by atoms with Gasteiger partial charge in [-0.2, -0.15) is 0 Å². The van der Waals surface area contributed by atoms with Crippen LogP contribution in [-0.4, -0.2) is 39.5 Å². The molecule has 0 radical (unpaired) electrons. The molecule has 6 nitrogen and oxygen atoms in total. The minimum absolute atomic E-state index is 0.0904. The number of carbonyl (C=O) groups excluding carboxylic acids is 1. The van der Waals surface area contributed by atoms with Crippen LogP contribution in [0.2, 0.25) is 0 Å². The van der Waals surface area contributed by atoms with Gasteiger partial charge in [0, 0.05) is 31.0 Å². The van der Waals surface area contributed by atoms with E-state index in [1.165, 1.54) is 12.4 Å². The molecule has 1 unspecified atom stereocenters. The molecule has 2 aliphatic heterocycles. The molecule has 1 N–H and O–H groups in total. The Morgan fingerprint density at radius 3 is 2.50 bits per heavy atom. The first kappa shape index (κ1) is 15.0. The number of piperidine rings is 1. The standard InChI is InChI=1S/C17H18FN5O/c18-13-10-20-16(21-11-13)23-7-3-17(4-8-23)9-14(15(24)22-17)12-1-5-19-6-2-12/h1-2,5-6,10-11,14H,3-4,7-9H2,(H,22,24). The highest BCUT2D eigenvalue weighted by atomic mass is 19.1. The Hall–Kier alpha value is -2.57. The normalized spacial score (nSPS) is 22.6. The molecule has 4 rings (SSSR count). The zero-order valence-electron chi connectivity index (χ0n) is 13.2. The van der Waals surface area contributed by atoms with Crippen LogP contribution in [0.4, 0.5) is 10.3 Å². The van der Waals surface area contributed by atoms with Crippen molar-refractivity contribution in [2.75, 3.05) is 18.0 Å². The van der Waals surface area contributed by atoms with Crippen LogP contribution >= 0.6 is 0 Å². The minimum atomic E-state index is -0.435. The highest BCUT2D eigenvalue weighted by Gasteiger charge is 2.46. The van der Waals surface area contributed by atoms with Crippen molar-refractivity contribution in [3.05, 3.63) is 48.3 Å². The molecule has 0 aromatic carbocycles. The molecule has 1 spiro atoms. The summed E-state index contributed by atoms with van der Waals surface area (Å²) >= 11 is 0. The maximum absolute atomic E-state index is 12.9. The number of anilines is 1. The summed E-state index contributed by atoms with van der Waals surface area (Å²) in [5.41, 5.74) is 0.852. The van der Waals surface area contributed by atoms with Crippen LogP contribution in [0.5, 0.6) is 0 Å². The van der Waals surface area contributed by atoms with E-state index in [9.17, 15) is 9.18 Å². The van der Waals surface area contributed by atoms with Gasteiger partial charge in [0.15, 0.2) is 5.82 Å². The summed E-state index contributed by atoms with van der Waals surface area (Å²) in [6, 6.07) is 3.81. The zero-order chi connectivity index (χ0) is 16.6. The van der Waals surface area contributed by atoms with Crippen molar-refractivity contribution in [1.82, 2.24) is 20.3 Å². The fourth-order valence-corrected chi connectivity index (χ4v) is 3.68. The molecule has 0 bridgehead atoms. The summed E-state index contributed by atoms with van der Waals surface area (Å²) in [5, 5.41) is 3.21. The van der Waals surface area contributed by atoms with E-state index in [0.717, 1.165) is 37.9 Å². The summed E-state index contributed by atoms with van der Waals surface area (Å²) in [7, 11) is 0. The third-order valence-corrected chi connectivity index (χ3v) is 5.02. The number of amides is 1. The Balaban J connectivity index is 1.45. The molecule has 1 amide bonds. The summed E-state index contributed by atoms with van der Waals surface area (Å²) in [4.78, 5) is 26.6. The van der Waals surface area contributed by atoms with Crippen LogP contribution in [0.25, 0.3) is 0 Å². The molecule has 2 aromatic rings. The highest BCUT2D eigenvalue weighted by molar-refractivity contribution is 5.87. The van der Waals surface area contributed by atoms with Crippen molar-refractivity contribution < 1.29 is 9.18 Å². The topological polar surface area (TPSA) is 71.0 Å². The van der Waals surface area contributed by atoms with Gasteiger partial charge < -0.3 is 10.2 Å². The van der Waals surface area contributed by atoms with Crippen molar-refractivity contribution in [2.45, 2.75) is 30.7 Å². The van der Waals surface area contributed by atoms with Crippen molar-refractivity contribution in [3.63, 3.8) is 0 Å². The fourth-order valence-electron chi connectivity index (χ4n) is 3.68. The van der Waals surface area contributed by atoms with Gasteiger partial charge >= 0.3 is 0 Å². The molecule has 2 aliphatic rings. The number of carbonyl (C=O) groups is 1. The quantitative estimate of drug-likeness (QED) is 0.908. The molecule has 2 fully saturated rings. The monoisotopic (exact) mass is 327 g/mol. The SMILES string of the molecule is O=C1NC2(CCN(c3ncc(F)cn3)CC2)CC1c1ccncc1. The van der Waals surface area contributed by atoms with Crippen molar-refractivity contribution in [2.24, 2.45) is 0 Å². The number of halogens is 1. The molecule has 0 saturated carbocycles. The number of hydrogen-bond donors (Lipinski definition) is 1. The molecule has 7 heteroatoms. The molecule has 124 valence electrons. The van der Waals surface area contributed by atoms with Crippen LogP contribution in [0, 0.1) is 5.82 Å². The van der Waals surface area contributed by atoms with Crippen LogP contribution in [-0.2, 0) is 4.79 Å². The van der Waals surface area contributed by atoms with Crippen molar-refractivity contribution >= 4 is 11.9 Å². The molecule has 1 atom stereocenters. The van der Waals surface area contributed by atoms with E-state index in [0.29, 0.717) is 5.95 Å². The zero-order valence-corrected chi connectivity index (χ0v) is 13.2. The third kappa shape index (κ3) is 2.70. The Morgan fingerprint density at radius 2 is 1.83 bits per heavy atom. The lowest BCUT2D eigenvalue weighted by molar-refractivity contribution is -0.121. The van der Waals surface area contributed by atoms with E-state index in [-0.39, 0.29) is 17.4 Å². The van der Waals surface area contributed by atoms with Gasteiger partial charge in [-0.15, -0.1) is 0 Å². The number of nitrogens with zero attached hydrogens (tertiary/aromatic N) is 4. The molecular weight excluding hydrogens is 309 g/mol. The first-order chi connectivity index (χ1) is 11.7. The van der Waals surface area contributed by atoms with E-state index in [1.807, 2.05) is 17.0 Å². The maximum Gasteiger partial charge on any atom is 0.228 e. The van der Waals surface area contributed by atoms with E-state index < -0.39 is 5.82 Å². The number of hydrogen-bond acceptors (Lipinski definition) is 5. The molecule has 0 aliphatic carbocycles. The number of aromatic nitrogens is 3. The Bertz CT molecular complexity index is 728. The second-order valence-corrected chi connectivity index (χ2v) is 6.50. The van der Waals surface area contributed by atoms with Gasteiger partial charge in [-0.3, -0.25) is 9.78 Å². The summed E-state index contributed by atoms with van der Waals surface area (Å²) in [6.07, 6.45) is 8.29. The lowest BCUT2D eigenvalue weighted by Crippen LogP contribution is -2.51. The Kier molecular flexibility index (Phi) is 3.63. The predicted octanol–water partition coefficient (Wildman–Crippen LogP) is 1.65. The van der Waals surface area contributed by atoms with E-state index in [4.69, 9.17) is 0 Å². The number of pyridine rings is 1. The predicted molar refractivity (Wildman–Crippen MR) is 85.9 cm³/mol. The van der Waals surface area contributed by atoms with Gasteiger partial charge in [0.25, 0.3) is 0 Å². The first-order valence-corrected chi connectivity index (χ1v) is 8.10. The molecule has 4 heterocycles. The Morgan fingerprint density at radius 1 is 1.17 bits per heavy atom. The average Bonchev–Trinajstić information content (AvgIpc) is 2.93. The van der Waals surface area contributed by atoms with Crippen molar-refractivity contribution in [1.29, 1.82) is 0 Å². The second kappa shape index (κ2) is 5.81. The lowest BCUT2D eigenvalue weighted by Gasteiger charge is -2.39.